The summed E-state index contributed by atoms with van der Waals surface area (Å²) in [5.41, 5.74) is 5.43. The number of pyridine rings is 1. The molecular weight excluding hydrogens is 227 g/mol. The summed E-state index contributed by atoms with van der Waals surface area (Å²) in [5.74, 6) is -1.36. The van der Waals surface area contributed by atoms with Gasteiger partial charge in [0.05, 0.1) is 12.8 Å². The summed E-state index contributed by atoms with van der Waals surface area (Å²) < 4.78 is 19.2. The minimum Gasteiger partial charge on any atom is -0.464 e. The Kier molecular flexibility index (Phi) is 2.73. The first-order valence-corrected chi connectivity index (χ1v) is 4.68. The first-order chi connectivity index (χ1) is 8.13. The molecule has 2 aromatic rings. The van der Waals surface area contributed by atoms with E-state index in [9.17, 15) is 9.18 Å². The quantitative estimate of drug-likeness (QED) is 0.779. The molecule has 88 valence electrons. The molecule has 0 amide bonds. The normalized spacial score (nSPS) is 10.2. The van der Waals surface area contributed by atoms with Crippen molar-refractivity contribution in [3.8, 4) is 5.82 Å². The van der Waals surface area contributed by atoms with Gasteiger partial charge in [-0.2, -0.15) is 5.10 Å². The first kappa shape index (κ1) is 11.1. The number of carbonyl (C=O) groups excluding carboxylic acids is 1. The number of hydrogen-bond acceptors (Lipinski definition) is 5. The molecule has 17 heavy (non-hydrogen) atoms. The van der Waals surface area contributed by atoms with Gasteiger partial charge in [-0.25, -0.2) is 18.9 Å². The molecule has 6 nitrogen and oxygen atoms in total. The number of methoxy groups -OCH3 is 1. The number of nitrogens with two attached hydrogens (primary N) is 1. The molecule has 0 spiro atoms. The molecule has 0 atom stereocenters. The SMILES string of the molecule is COC(=O)c1ccn(-c2nccc(N)c2F)n1. The first-order valence-electron chi connectivity index (χ1n) is 4.68. The Morgan fingerprint density at radius 2 is 2.29 bits per heavy atom. The largest absolute Gasteiger partial charge is 0.464 e. The van der Waals surface area contributed by atoms with Gasteiger partial charge in [0.25, 0.3) is 0 Å². The highest BCUT2D eigenvalue weighted by Gasteiger charge is 2.14. The van der Waals surface area contributed by atoms with Gasteiger partial charge in [0.2, 0.25) is 0 Å². The number of nitrogens with zero attached hydrogens (tertiary/aromatic N) is 3. The summed E-state index contributed by atoms with van der Waals surface area (Å²) in [7, 11) is 1.24. The second-order valence-electron chi connectivity index (χ2n) is 3.17. The molecule has 0 aliphatic heterocycles. The maximum Gasteiger partial charge on any atom is 0.358 e. The Morgan fingerprint density at radius 1 is 1.53 bits per heavy atom. The van der Waals surface area contributed by atoms with Crippen molar-refractivity contribution in [2.75, 3.05) is 12.8 Å². The topological polar surface area (TPSA) is 83.0 Å². The molecule has 2 rings (SSSR count). The van der Waals surface area contributed by atoms with E-state index in [1.807, 2.05) is 0 Å². The summed E-state index contributed by atoms with van der Waals surface area (Å²) >= 11 is 0. The van der Waals surface area contributed by atoms with Gasteiger partial charge in [-0.15, -0.1) is 0 Å². The van der Waals surface area contributed by atoms with Crippen LogP contribution in [0.4, 0.5) is 10.1 Å². The van der Waals surface area contributed by atoms with Gasteiger partial charge in [-0.05, 0) is 12.1 Å². The average Bonchev–Trinajstić information content (AvgIpc) is 2.81. The molecule has 0 aromatic carbocycles. The van der Waals surface area contributed by atoms with Crippen LogP contribution in [0.25, 0.3) is 5.82 Å². The number of halogens is 1. The molecule has 7 heteroatoms. The van der Waals surface area contributed by atoms with Crippen LogP contribution in [0.2, 0.25) is 0 Å². The van der Waals surface area contributed by atoms with Crippen LogP contribution in [-0.4, -0.2) is 27.8 Å². The van der Waals surface area contributed by atoms with Crippen LogP contribution in [0, 0.1) is 5.82 Å². The van der Waals surface area contributed by atoms with E-state index in [1.165, 1.54) is 31.6 Å². The molecule has 0 bridgehead atoms. The number of rotatable bonds is 2. The van der Waals surface area contributed by atoms with Gasteiger partial charge >= 0.3 is 5.97 Å². The third-order valence-corrected chi connectivity index (χ3v) is 2.10. The van der Waals surface area contributed by atoms with E-state index < -0.39 is 11.8 Å². The maximum atomic E-state index is 13.6. The van der Waals surface area contributed by atoms with Crippen molar-refractivity contribution in [2.24, 2.45) is 0 Å². The van der Waals surface area contributed by atoms with Gasteiger partial charge in [0.15, 0.2) is 17.3 Å². The van der Waals surface area contributed by atoms with Crippen LogP contribution in [-0.2, 0) is 4.74 Å². The molecule has 0 radical (unpaired) electrons. The number of hydrogen-bond donors (Lipinski definition) is 1. The maximum absolute atomic E-state index is 13.6. The van der Waals surface area contributed by atoms with E-state index in [2.05, 4.69) is 14.8 Å². The lowest BCUT2D eigenvalue weighted by atomic mass is 10.4. The van der Waals surface area contributed by atoms with E-state index in [4.69, 9.17) is 5.73 Å². The van der Waals surface area contributed by atoms with Crippen LogP contribution in [0.1, 0.15) is 10.5 Å². The fourth-order valence-corrected chi connectivity index (χ4v) is 1.26. The smallest absolute Gasteiger partial charge is 0.358 e. The number of ether oxygens (including phenoxy) is 1. The number of aromatic nitrogens is 3. The monoisotopic (exact) mass is 236 g/mol. The zero-order valence-corrected chi connectivity index (χ0v) is 8.92. The average molecular weight is 236 g/mol. The lowest BCUT2D eigenvalue weighted by Crippen LogP contribution is -2.07. The van der Waals surface area contributed by atoms with Crippen molar-refractivity contribution < 1.29 is 13.9 Å². The number of anilines is 1. The minimum atomic E-state index is -0.688. The Balaban J connectivity index is 2.44. The van der Waals surface area contributed by atoms with Crippen molar-refractivity contribution in [3.05, 3.63) is 36.0 Å². The van der Waals surface area contributed by atoms with Crippen LogP contribution in [0.15, 0.2) is 24.5 Å². The highest BCUT2D eigenvalue weighted by atomic mass is 19.1. The summed E-state index contributed by atoms with van der Waals surface area (Å²) in [6.07, 6.45) is 2.75. The van der Waals surface area contributed by atoms with E-state index in [0.29, 0.717) is 0 Å². The molecule has 0 saturated carbocycles. The van der Waals surface area contributed by atoms with Crippen LogP contribution in [0.5, 0.6) is 0 Å². The van der Waals surface area contributed by atoms with Crippen molar-refractivity contribution in [2.45, 2.75) is 0 Å². The van der Waals surface area contributed by atoms with Crippen LogP contribution >= 0.6 is 0 Å². The fraction of sp³-hybridized carbons (Fsp3) is 0.100. The highest BCUT2D eigenvalue weighted by molar-refractivity contribution is 5.86. The summed E-state index contributed by atoms with van der Waals surface area (Å²) in [6.45, 7) is 0. The summed E-state index contributed by atoms with van der Waals surface area (Å²) in [4.78, 5) is 15.0. The fourth-order valence-electron chi connectivity index (χ4n) is 1.26. The van der Waals surface area contributed by atoms with Crippen LogP contribution < -0.4 is 5.73 Å². The summed E-state index contributed by atoms with van der Waals surface area (Å²) in [6, 6.07) is 2.74. The van der Waals surface area contributed by atoms with Gasteiger partial charge in [0.1, 0.15) is 0 Å². The van der Waals surface area contributed by atoms with E-state index in [0.717, 1.165) is 4.68 Å². The molecule has 2 N–H and O–H groups in total. The van der Waals surface area contributed by atoms with Crippen molar-refractivity contribution in [3.63, 3.8) is 0 Å². The Bertz CT molecular complexity index is 567. The molecule has 0 saturated heterocycles. The number of nitrogen functional groups attached to an aromatic ring is 1. The molecule has 0 aliphatic carbocycles. The Morgan fingerprint density at radius 3 is 3.00 bits per heavy atom. The van der Waals surface area contributed by atoms with E-state index >= 15 is 0 Å². The zero-order valence-electron chi connectivity index (χ0n) is 8.92. The van der Waals surface area contributed by atoms with E-state index in [-0.39, 0.29) is 17.2 Å². The van der Waals surface area contributed by atoms with Crippen molar-refractivity contribution >= 4 is 11.7 Å². The Labute approximate surface area is 95.8 Å². The highest BCUT2D eigenvalue weighted by Crippen LogP contribution is 2.15. The molecular formula is C10H9FN4O2. The standard InChI is InChI=1S/C10H9FN4O2/c1-17-10(16)7-3-5-15(14-7)9-8(11)6(12)2-4-13-9/h2-5H,1H3,(H2,12,13). The number of carbonyl (C=O) groups is 1. The van der Waals surface area contributed by atoms with Crippen molar-refractivity contribution in [1.29, 1.82) is 0 Å². The molecule has 2 heterocycles. The minimum absolute atomic E-state index is 0.0369. The molecule has 0 aliphatic rings. The lowest BCUT2D eigenvalue weighted by molar-refractivity contribution is 0.0593. The lowest BCUT2D eigenvalue weighted by Gasteiger charge is -2.03. The second kappa shape index (κ2) is 4.20. The Hall–Kier alpha value is -2.44. The van der Waals surface area contributed by atoms with Gasteiger partial charge < -0.3 is 10.5 Å². The molecule has 0 unspecified atom stereocenters. The predicted octanol–water partition coefficient (Wildman–Crippen LogP) is 0.775. The molecule has 0 fully saturated rings. The summed E-state index contributed by atoms with van der Waals surface area (Å²) in [5, 5.41) is 3.84. The number of esters is 1. The van der Waals surface area contributed by atoms with Gasteiger partial charge in [-0.3, -0.25) is 0 Å². The third kappa shape index (κ3) is 1.94. The van der Waals surface area contributed by atoms with Crippen LogP contribution in [0.3, 0.4) is 0 Å². The predicted molar refractivity (Wildman–Crippen MR) is 57.1 cm³/mol. The van der Waals surface area contributed by atoms with Gasteiger partial charge in [-0.1, -0.05) is 0 Å². The van der Waals surface area contributed by atoms with Crippen molar-refractivity contribution in [1.82, 2.24) is 14.8 Å². The van der Waals surface area contributed by atoms with Gasteiger partial charge in [0, 0.05) is 12.4 Å². The second-order valence-corrected chi connectivity index (χ2v) is 3.17. The third-order valence-electron chi connectivity index (χ3n) is 2.10. The zero-order chi connectivity index (χ0) is 12.4. The van der Waals surface area contributed by atoms with E-state index in [1.54, 1.807) is 0 Å². The molecule has 2 aromatic heterocycles.